The number of nitrogens with zero attached hydrogens (tertiary/aromatic N) is 1. The Kier molecular flexibility index (Phi) is 9.66. The van der Waals surface area contributed by atoms with Gasteiger partial charge in [0.2, 0.25) is 0 Å². The maximum absolute atomic E-state index is 3.59. The summed E-state index contributed by atoms with van der Waals surface area (Å²) in [7, 11) is 2.22. The molecule has 1 N–H and O–H groups in total. The SMILES string of the molecule is CCCC(C)NCC(C)N(C)CCSC. The molecule has 0 aromatic carbocycles. The van der Waals surface area contributed by atoms with E-state index in [1.807, 2.05) is 11.8 Å². The summed E-state index contributed by atoms with van der Waals surface area (Å²) >= 11 is 1.92. The Morgan fingerprint density at radius 1 is 1.33 bits per heavy atom. The Balaban J connectivity index is 3.57. The summed E-state index contributed by atoms with van der Waals surface area (Å²) in [6, 6.07) is 1.29. The first kappa shape index (κ1) is 15.3. The van der Waals surface area contributed by atoms with Gasteiger partial charge in [0.05, 0.1) is 0 Å². The van der Waals surface area contributed by atoms with Crippen LogP contribution in [-0.2, 0) is 0 Å². The number of nitrogens with one attached hydrogen (secondary N) is 1. The number of hydrogen-bond acceptors (Lipinski definition) is 3. The molecular formula is C12H28N2S. The normalized spacial score (nSPS) is 15.6. The fourth-order valence-electron chi connectivity index (χ4n) is 1.52. The average molecular weight is 232 g/mol. The van der Waals surface area contributed by atoms with Crippen LogP contribution in [0.4, 0.5) is 0 Å². The lowest BCUT2D eigenvalue weighted by atomic mass is 10.2. The van der Waals surface area contributed by atoms with Gasteiger partial charge in [-0.2, -0.15) is 11.8 Å². The van der Waals surface area contributed by atoms with Crippen LogP contribution >= 0.6 is 11.8 Å². The average Bonchev–Trinajstić information content (AvgIpc) is 2.22. The van der Waals surface area contributed by atoms with Gasteiger partial charge in [-0.1, -0.05) is 13.3 Å². The van der Waals surface area contributed by atoms with Crippen molar-refractivity contribution in [1.82, 2.24) is 10.2 Å². The Hall–Kier alpha value is 0.270. The summed E-state index contributed by atoms with van der Waals surface area (Å²) < 4.78 is 0. The van der Waals surface area contributed by atoms with Crippen LogP contribution in [0.5, 0.6) is 0 Å². The van der Waals surface area contributed by atoms with Crippen molar-refractivity contribution in [1.29, 1.82) is 0 Å². The predicted octanol–water partition coefficient (Wildman–Crippen LogP) is 2.45. The molecule has 0 radical (unpaired) electrons. The fraction of sp³-hybridized carbons (Fsp3) is 1.00. The van der Waals surface area contributed by atoms with Crippen LogP contribution in [0.15, 0.2) is 0 Å². The van der Waals surface area contributed by atoms with E-state index in [-0.39, 0.29) is 0 Å². The van der Waals surface area contributed by atoms with Crippen molar-refractivity contribution in [2.75, 3.05) is 32.1 Å². The zero-order chi connectivity index (χ0) is 11.7. The Bertz CT molecular complexity index is 142. The molecule has 0 aliphatic heterocycles. The second-order valence-electron chi connectivity index (χ2n) is 4.42. The van der Waals surface area contributed by atoms with Gasteiger partial charge in [-0.3, -0.25) is 0 Å². The van der Waals surface area contributed by atoms with E-state index in [4.69, 9.17) is 0 Å². The summed E-state index contributed by atoms with van der Waals surface area (Å²) in [6.07, 6.45) is 4.71. The maximum Gasteiger partial charge on any atom is 0.0189 e. The van der Waals surface area contributed by atoms with Crippen molar-refractivity contribution in [2.45, 2.75) is 45.7 Å². The van der Waals surface area contributed by atoms with Gasteiger partial charge in [-0.25, -0.2) is 0 Å². The van der Waals surface area contributed by atoms with Crippen LogP contribution in [-0.4, -0.2) is 49.1 Å². The highest BCUT2D eigenvalue weighted by molar-refractivity contribution is 7.98. The van der Waals surface area contributed by atoms with E-state index >= 15 is 0 Å². The molecule has 0 aliphatic rings. The monoisotopic (exact) mass is 232 g/mol. The lowest BCUT2D eigenvalue weighted by Gasteiger charge is -2.26. The Labute approximate surface area is 100 Å². The number of likely N-dealkylation sites (N-methyl/N-ethyl adjacent to an activating group) is 1. The number of thioether (sulfide) groups is 1. The third-order valence-electron chi connectivity index (χ3n) is 2.88. The van der Waals surface area contributed by atoms with E-state index in [0.717, 1.165) is 6.54 Å². The minimum Gasteiger partial charge on any atom is -0.313 e. The van der Waals surface area contributed by atoms with E-state index < -0.39 is 0 Å². The Morgan fingerprint density at radius 3 is 2.53 bits per heavy atom. The highest BCUT2D eigenvalue weighted by Crippen LogP contribution is 2.00. The van der Waals surface area contributed by atoms with E-state index in [2.05, 4.69) is 44.3 Å². The molecule has 0 amide bonds. The summed E-state index contributed by atoms with van der Waals surface area (Å²) in [6.45, 7) is 9.11. The molecule has 0 fully saturated rings. The predicted molar refractivity (Wildman–Crippen MR) is 72.8 cm³/mol. The summed E-state index contributed by atoms with van der Waals surface area (Å²) in [4.78, 5) is 2.43. The van der Waals surface area contributed by atoms with Gasteiger partial charge in [-0.05, 0) is 33.6 Å². The highest BCUT2D eigenvalue weighted by atomic mass is 32.2. The molecule has 0 aromatic heterocycles. The molecule has 3 heteroatoms. The van der Waals surface area contributed by atoms with Crippen LogP contribution < -0.4 is 5.32 Å². The molecule has 0 spiro atoms. The molecule has 15 heavy (non-hydrogen) atoms. The first-order valence-corrected chi connectivity index (χ1v) is 7.43. The van der Waals surface area contributed by atoms with Crippen LogP contribution in [0.3, 0.4) is 0 Å². The largest absolute Gasteiger partial charge is 0.313 e. The van der Waals surface area contributed by atoms with Gasteiger partial charge in [0.25, 0.3) is 0 Å². The molecule has 0 bridgehead atoms. The quantitative estimate of drug-likeness (QED) is 0.657. The molecular weight excluding hydrogens is 204 g/mol. The molecule has 0 heterocycles. The van der Waals surface area contributed by atoms with E-state index in [9.17, 15) is 0 Å². The third-order valence-corrected chi connectivity index (χ3v) is 3.47. The third kappa shape index (κ3) is 8.12. The fourth-order valence-corrected chi connectivity index (χ4v) is 1.99. The second kappa shape index (κ2) is 9.49. The molecule has 2 unspecified atom stereocenters. The van der Waals surface area contributed by atoms with E-state index in [0.29, 0.717) is 12.1 Å². The molecule has 0 saturated heterocycles. The number of rotatable bonds is 9. The van der Waals surface area contributed by atoms with Crippen LogP contribution in [0.25, 0.3) is 0 Å². The molecule has 0 rings (SSSR count). The first-order chi connectivity index (χ1) is 7.11. The van der Waals surface area contributed by atoms with Gasteiger partial charge >= 0.3 is 0 Å². The molecule has 2 atom stereocenters. The zero-order valence-corrected chi connectivity index (χ0v) is 11.9. The van der Waals surface area contributed by atoms with Gasteiger partial charge < -0.3 is 10.2 Å². The van der Waals surface area contributed by atoms with Gasteiger partial charge in [0.15, 0.2) is 0 Å². The minimum absolute atomic E-state index is 0.636. The first-order valence-electron chi connectivity index (χ1n) is 6.04. The molecule has 92 valence electrons. The van der Waals surface area contributed by atoms with Crippen molar-refractivity contribution in [3.8, 4) is 0 Å². The molecule has 0 saturated carbocycles. The van der Waals surface area contributed by atoms with E-state index in [1.165, 1.54) is 25.1 Å². The topological polar surface area (TPSA) is 15.3 Å². The van der Waals surface area contributed by atoms with Crippen LogP contribution in [0, 0.1) is 0 Å². The van der Waals surface area contributed by atoms with Crippen LogP contribution in [0.1, 0.15) is 33.6 Å². The second-order valence-corrected chi connectivity index (χ2v) is 5.41. The van der Waals surface area contributed by atoms with Gasteiger partial charge in [0, 0.05) is 30.9 Å². The van der Waals surface area contributed by atoms with Crippen LogP contribution in [0.2, 0.25) is 0 Å². The molecule has 0 aliphatic carbocycles. The standard InChI is InChI=1S/C12H28N2S/c1-6-7-11(2)13-10-12(3)14(4)8-9-15-5/h11-13H,6-10H2,1-5H3. The highest BCUT2D eigenvalue weighted by Gasteiger charge is 2.09. The van der Waals surface area contributed by atoms with Crippen molar-refractivity contribution in [3.63, 3.8) is 0 Å². The van der Waals surface area contributed by atoms with Gasteiger partial charge in [0.1, 0.15) is 0 Å². The number of hydrogen-bond donors (Lipinski definition) is 1. The van der Waals surface area contributed by atoms with E-state index in [1.54, 1.807) is 0 Å². The lowest BCUT2D eigenvalue weighted by Crippen LogP contribution is -2.41. The molecule has 2 nitrogen and oxygen atoms in total. The summed E-state index contributed by atoms with van der Waals surface area (Å²) in [5, 5.41) is 3.59. The Morgan fingerprint density at radius 2 is 2.00 bits per heavy atom. The summed E-state index contributed by atoms with van der Waals surface area (Å²) in [5.41, 5.74) is 0. The van der Waals surface area contributed by atoms with Crippen molar-refractivity contribution < 1.29 is 0 Å². The molecule has 0 aromatic rings. The minimum atomic E-state index is 0.636. The zero-order valence-electron chi connectivity index (χ0n) is 11.0. The maximum atomic E-state index is 3.59. The van der Waals surface area contributed by atoms with Gasteiger partial charge in [-0.15, -0.1) is 0 Å². The van der Waals surface area contributed by atoms with Crippen molar-refractivity contribution in [3.05, 3.63) is 0 Å². The van der Waals surface area contributed by atoms with Crippen molar-refractivity contribution >= 4 is 11.8 Å². The lowest BCUT2D eigenvalue weighted by molar-refractivity contribution is 0.258. The van der Waals surface area contributed by atoms with Crippen molar-refractivity contribution in [2.24, 2.45) is 0 Å². The summed E-state index contributed by atoms with van der Waals surface area (Å²) in [5.74, 6) is 1.23. The smallest absolute Gasteiger partial charge is 0.0189 e.